The van der Waals surface area contributed by atoms with Gasteiger partial charge < -0.3 is 16.6 Å². The van der Waals surface area contributed by atoms with Crippen molar-refractivity contribution in [2.45, 2.75) is 19.8 Å². The monoisotopic (exact) mass is 156 g/mol. The molecule has 0 bridgehead atoms. The second-order valence-corrected chi connectivity index (χ2v) is 2.24. The first-order valence-corrected chi connectivity index (χ1v) is 3.72. The molecule has 3 heteroatoms. The maximum absolute atomic E-state index is 8.64. The van der Waals surface area contributed by atoms with E-state index in [0.717, 1.165) is 17.7 Å². The van der Waals surface area contributed by atoms with Gasteiger partial charge in [0, 0.05) is 12.3 Å². The molecule has 0 amide bonds. The summed E-state index contributed by atoms with van der Waals surface area (Å²) >= 11 is 0. The second kappa shape index (κ2) is 5.80. The Balaban J connectivity index is 4.30. The van der Waals surface area contributed by atoms with Gasteiger partial charge in [0.25, 0.3) is 0 Å². The molecule has 0 aromatic carbocycles. The normalized spacial score (nSPS) is 13.6. The smallest absolute Gasteiger partial charge is 0.0472 e. The Bertz CT molecular complexity index is 161. The van der Waals surface area contributed by atoms with Gasteiger partial charge in [0.2, 0.25) is 0 Å². The van der Waals surface area contributed by atoms with Crippen LogP contribution in [-0.4, -0.2) is 11.7 Å². The van der Waals surface area contributed by atoms with E-state index in [1.54, 1.807) is 6.08 Å². The molecule has 11 heavy (non-hydrogen) atoms. The average Bonchev–Trinajstić information content (AvgIpc) is 2.03. The highest BCUT2D eigenvalue weighted by Gasteiger charge is 1.96. The van der Waals surface area contributed by atoms with Crippen LogP contribution in [0, 0.1) is 0 Å². The third-order valence-electron chi connectivity index (χ3n) is 1.47. The molecule has 0 spiro atoms. The van der Waals surface area contributed by atoms with Crippen molar-refractivity contribution in [1.82, 2.24) is 0 Å². The number of hydrogen-bond donors (Lipinski definition) is 3. The van der Waals surface area contributed by atoms with Crippen LogP contribution in [0.25, 0.3) is 0 Å². The maximum atomic E-state index is 8.64. The summed E-state index contributed by atoms with van der Waals surface area (Å²) in [7, 11) is 0. The topological polar surface area (TPSA) is 72.3 Å². The Morgan fingerprint density at radius 2 is 2.18 bits per heavy atom. The summed E-state index contributed by atoms with van der Waals surface area (Å²) in [4.78, 5) is 0. The Morgan fingerprint density at radius 1 is 1.55 bits per heavy atom. The molecule has 0 saturated carbocycles. The fourth-order valence-electron chi connectivity index (χ4n) is 0.815. The van der Waals surface area contributed by atoms with Gasteiger partial charge in [-0.2, -0.15) is 0 Å². The van der Waals surface area contributed by atoms with Crippen molar-refractivity contribution in [2.24, 2.45) is 11.5 Å². The third kappa shape index (κ3) is 3.68. The highest BCUT2D eigenvalue weighted by Crippen LogP contribution is 2.07. The first kappa shape index (κ1) is 10.0. The van der Waals surface area contributed by atoms with E-state index in [2.05, 4.69) is 0 Å². The summed E-state index contributed by atoms with van der Waals surface area (Å²) in [6, 6.07) is 0. The molecule has 0 atom stereocenters. The first-order chi connectivity index (χ1) is 5.26. The van der Waals surface area contributed by atoms with Gasteiger partial charge in [0.05, 0.1) is 0 Å². The zero-order valence-corrected chi connectivity index (χ0v) is 6.88. The van der Waals surface area contributed by atoms with E-state index in [1.165, 1.54) is 6.20 Å². The minimum atomic E-state index is 0.111. The molecule has 64 valence electrons. The van der Waals surface area contributed by atoms with Crippen molar-refractivity contribution < 1.29 is 5.11 Å². The molecule has 0 aliphatic heterocycles. The summed E-state index contributed by atoms with van der Waals surface area (Å²) in [5, 5.41) is 8.64. The molecular formula is C8H16N2O. The van der Waals surface area contributed by atoms with Gasteiger partial charge in [-0.3, -0.25) is 0 Å². The zero-order valence-electron chi connectivity index (χ0n) is 6.88. The lowest BCUT2D eigenvalue weighted by Crippen LogP contribution is -2.02. The van der Waals surface area contributed by atoms with Crippen LogP contribution in [0.3, 0.4) is 0 Å². The minimum absolute atomic E-state index is 0.111. The molecule has 0 aromatic heterocycles. The van der Waals surface area contributed by atoms with E-state index in [-0.39, 0.29) is 6.61 Å². The van der Waals surface area contributed by atoms with Gasteiger partial charge in [-0.25, -0.2) is 0 Å². The summed E-state index contributed by atoms with van der Waals surface area (Å²) in [6.45, 7) is 2.08. The van der Waals surface area contributed by atoms with Gasteiger partial charge >= 0.3 is 0 Å². The summed E-state index contributed by atoms with van der Waals surface area (Å²) in [5.74, 6) is 0. The van der Waals surface area contributed by atoms with E-state index >= 15 is 0 Å². The minimum Gasteiger partial charge on any atom is -0.405 e. The van der Waals surface area contributed by atoms with E-state index < -0.39 is 0 Å². The lowest BCUT2D eigenvalue weighted by molar-refractivity contribution is 0.300. The quantitative estimate of drug-likeness (QED) is 0.518. The van der Waals surface area contributed by atoms with Crippen LogP contribution in [0.15, 0.2) is 23.5 Å². The molecule has 0 aliphatic rings. The molecule has 5 N–H and O–H groups in total. The van der Waals surface area contributed by atoms with Gasteiger partial charge in [0.15, 0.2) is 0 Å². The van der Waals surface area contributed by atoms with Crippen LogP contribution >= 0.6 is 0 Å². The van der Waals surface area contributed by atoms with Gasteiger partial charge in [-0.15, -0.1) is 0 Å². The fourth-order valence-corrected chi connectivity index (χ4v) is 0.815. The molecule has 0 aliphatic carbocycles. The molecule has 0 rings (SSSR count). The lowest BCUT2D eigenvalue weighted by Gasteiger charge is -2.03. The van der Waals surface area contributed by atoms with Crippen LogP contribution in [0.1, 0.15) is 19.8 Å². The Labute approximate surface area is 67.4 Å². The Kier molecular flexibility index (Phi) is 5.29. The number of aliphatic hydroxyl groups is 1. The molecular weight excluding hydrogens is 140 g/mol. The van der Waals surface area contributed by atoms with Crippen molar-refractivity contribution >= 4 is 0 Å². The van der Waals surface area contributed by atoms with E-state index in [0.29, 0.717) is 6.42 Å². The predicted octanol–water partition coefficient (Wildman–Crippen LogP) is 0.464. The van der Waals surface area contributed by atoms with Crippen LogP contribution in [0.2, 0.25) is 0 Å². The van der Waals surface area contributed by atoms with Gasteiger partial charge in [-0.05, 0) is 30.7 Å². The number of aliphatic hydroxyl groups excluding tert-OH is 1. The Morgan fingerprint density at radius 3 is 2.55 bits per heavy atom. The van der Waals surface area contributed by atoms with Gasteiger partial charge in [-0.1, -0.05) is 6.92 Å². The number of allylic oxidation sites excluding steroid dienone is 2. The molecule has 0 fully saturated rings. The summed E-state index contributed by atoms with van der Waals surface area (Å²) in [6.07, 6.45) is 4.54. The average molecular weight is 156 g/mol. The van der Waals surface area contributed by atoms with Crippen LogP contribution in [0.5, 0.6) is 0 Å². The van der Waals surface area contributed by atoms with Crippen LogP contribution < -0.4 is 11.5 Å². The highest BCUT2D eigenvalue weighted by atomic mass is 16.2. The van der Waals surface area contributed by atoms with Crippen molar-refractivity contribution in [1.29, 1.82) is 0 Å². The zero-order chi connectivity index (χ0) is 8.69. The Hall–Kier alpha value is -0.960. The van der Waals surface area contributed by atoms with Crippen molar-refractivity contribution in [3.05, 3.63) is 23.5 Å². The molecule has 0 saturated heterocycles. The molecule has 0 radical (unpaired) electrons. The maximum Gasteiger partial charge on any atom is 0.0472 e. The highest BCUT2D eigenvalue weighted by molar-refractivity contribution is 5.23. The molecule has 0 unspecified atom stereocenters. The summed E-state index contributed by atoms with van der Waals surface area (Å²) in [5.41, 5.74) is 12.6. The third-order valence-corrected chi connectivity index (χ3v) is 1.47. The molecule has 0 heterocycles. The van der Waals surface area contributed by atoms with Crippen LogP contribution in [-0.2, 0) is 0 Å². The largest absolute Gasteiger partial charge is 0.405 e. The number of hydrogen-bond acceptors (Lipinski definition) is 3. The number of nitrogens with two attached hydrogens (primary N) is 2. The SMILES string of the molecule is CC/C(N)=C(\C=C/N)CCO. The van der Waals surface area contributed by atoms with Gasteiger partial charge in [0.1, 0.15) is 0 Å². The first-order valence-electron chi connectivity index (χ1n) is 3.72. The van der Waals surface area contributed by atoms with E-state index in [4.69, 9.17) is 16.6 Å². The predicted molar refractivity (Wildman–Crippen MR) is 46.5 cm³/mol. The van der Waals surface area contributed by atoms with Crippen molar-refractivity contribution in [2.75, 3.05) is 6.61 Å². The molecule has 0 aromatic rings. The van der Waals surface area contributed by atoms with E-state index in [9.17, 15) is 0 Å². The van der Waals surface area contributed by atoms with Crippen molar-refractivity contribution in [3.63, 3.8) is 0 Å². The molecule has 3 nitrogen and oxygen atoms in total. The lowest BCUT2D eigenvalue weighted by atomic mass is 10.1. The van der Waals surface area contributed by atoms with Crippen molar-refractivity contribution in [3.8, 4) is 0 Å². The second-order valence-electron chi connectivity index (χ2n) is 2.24. The fraction of sp³-hybridized carbons (Fsp3) is 0.500. The van der Waals surface area contributed by atoms with E-state index in [1.807, 2.05) is 6.92 Å². The standard InChI is InChI=1S/C8H16N2O/c1-2-8(10)7(3-5-9)4-6-11/h3,5,11H,2,4,6,9-10H2,1H3/b5-3-,8-7-. The number of rotatable bonds is 4. The van der Waals surface area contributed by atoms with Crippen LogP contribution in [0.4, 0.5) is 0 Å². The summed E-state index contributed by atoms with van der Waals surface area (Å²) < 4.78 is 0.